The predicted molar refractivity (Wildman–Crippen MR) is 60.6 cm³/mol. The smallest absolute Gasteiger partial charge is 0.376 e. The lowest BCUT2D eigenvalue weighted by atomic mass is 10.3. The van der Waals surface area contributed by atoms with Gasteiger partial charge in [-0.05, 0) is 13.0 Å². The molecule has 1 aromatic rings. The van der Waals surface area contributed by atoms with Crippen LogP contribution in [0.1, 0.15) is 6.92 Å². The highest BCUT2D eigenvalue weighted by molar-refractivity contribution is 7.69. The molecule has 0 amide bonds. The van der Waals surface area contributed by atoms with Crippen molar-refractivity contribution in [1.29, 1.82) is 0 Å². The fourth-order valence-corrected chi connectivity index (χ4v) is 3.11. The summed E-state index contributed by atoms with van der Waals surface area (Å²) in [6, 6.07) is 4.49. The molecule has 72 valence electrons. The zero-order valence-electron chi connectivity index (χ0n) is 7.06. The minimum Gasteiger partial charge on any atom is -0.494 e. The average Bonchev–Trinajstić information content (AvgIpc) is 2.04. The van der Waals surface area contributed by atoms with Gasteiger partial charge in [0, 0.05) is 5.19 Å². The minimum atomic E-state index is -2.82. The van der Waals surface area contributed by atoms with E-state index in [1.807, 2.05) is 25.1 Å². The van der Waals surface area contributed by atoms with Crippen molar-refractivity contribution < 1.29 is 4.74 Å². The third-order valence-electron chi connectivity index (χ3n) is 1.49. The van der Waals surface area contributed by atoms with Gasteiger partial charge >= 0.3 is 6.00 Å². The van der Waals surface area contributed by atoms with Crippen molar-refractivity contribution in [3.63, 3.8) is 0 Å². The van der Waals surface area contributed by atoms with Gasteiger partial charge in [-0.1, -0.05) is 18.2 Å². The van der Waals surface area contributed by atoms with Crippen molar-refractivity contribution in [2.75, 3.05) is 6.61 Å². The second-order valence-electron chi connectivity index (χ2n) is 2.43. The largest absolute Gasteiger partial charge is 0.494 e. The van der Waals surface area contributed by atoms with Crippen molar-refractivity contribution in [3.05, 3.63) is 24.3 Å². The first kappa shape index (κ1) is 11.2. The van der Waals surface area contributed by atoms with Gasteiger partial charge in [0.2, 0.25) is 0 Å². The van der Waals surface area contributed by atoms with Gasteiger partial charge in [-0.2, -0.15) is 0 Å². The zero-order chi connectivity index (χ0) is 9.90. The van der Waals surface area contributed by atoms with E-state index in [4.69, 9.17) is 38.0 Å². The van der Waals surface area contributed by atoms with Crippen LogP contribution in [0.4, 0.5) is 0 Å². The van der Waals surface area contributed by atoms with E-state index >= 15 is 0 Å². The van der Waals surface area contributed by atoms with Crippen molar-refractivity contribution >= 4 is 44.4 Å². The number of para-hydroxylation sites is 1. The van der Waals surface area contributed by atoms with E-state index in [2.05, 4.69) is 0 Å². The van der Waals surface area contributed by atoms with Crippen molar-refractivity contribution in [2.24, 2.45) is 0 Å². The SMILES string of the molecule is CCOc1ccccc1[Si](Cl)(Cl)Cl. The molecule has 0 N–H and O–H groups in total. The van der Waals surface area contributed by atoms with Crippen LogP contribution >= 0.6 is 33.2 Å². The number of rotatable bonds is 3. The van der Waals surface area contributed by atoms with E-state index in [1.54, 1.807) is 6.07 Å². The minimum absolute atomic E-state index is 0.576. The lowest BCUT2D eigenvalue weighted by molar-refractivity contribution is 0.343. The average molecular weight is 256 g/mol. The zero-order valence-corrected chi connectivity index (χ0v) is 10.3. The maximum Gasteiger partial charge on any atom is 0.376 e. The summed E-state index contributed by atoms with van der Waals surface area (Å²) in [6.45, 7) is 2.48. The summed E-state index contributed by atoms with van der Waals surface area (Å²) in [5, 5.41) is 0.710. The van der Waals surface area contributed by atoms with Gasteiger partial charge in [0.25, 0.3) is 0 Å². The fourth-order valence-electron chi connectivity index (χ4n) is 0.982. The lowest BCUT2D eigenvalue weighted by Gasteiger charge is -2.13. The van der Waals surface area contributed by atoms with E-state index in [9.17, 15) is 0 Å². The normalized spacial score (nSPS) is 11.4. The van der Waals surface area contributed by atoms with Gasteiger partial charge in [0.1, 0.15) is 5.75 Å². The van der Waals surface area contributed by atoms with Gasteiger partial charge < -0.3 is 4.74 Å². The molecule has 0 spiro atoms. The van der Waals surface area contributed by atoms with E-state index < -0.39 is 6.00 Å². The van der Waals surface area contributed by atoms with Crippen LogP contribution in [-0.2, 0) is 0 Å². The molecule has 5 heteroatoms. The summed E-state index contributed by atoms with van der Waals surface area (Å²) >= 11 is 17.7. The number of benzene rings is 1. The second kappa shape index (κ2) is 4.56. The van der Waals surface area contributed by atoms with E-state index in [1.165, 1.54) is 0 Å². The van der Waals surface area contributed by atoms with Gasteiger partial charge in [-0.15, -0.1) is 33.2 Å². The van der Waals surface area contributed by atoms with E-state index in [0.717, 1.165) is 0 Å². The summed E-state index contributed by atoms with van der Waals surface area (Å²) in [4.78, 5) is 0. The molecule has 0 fully saturated rings. The summed E-state index contributed by atoms with van der Waals surface area (Å²) in [5.41, 5.74) is 0. The summed E-state index contributed by atoms with van der Waals surface area (Å²) < 4.78 is 5.34. The Bertz CT molecular complexity index is 285. The number of hydrogen-bond donors (Lipinski definition) is 0. The Morgan fingerprint density at radius 3 is 2.38 bits per heavy atom. The van der Waals surface area contributed by atoms with Crippen LogP contribution in [0.3, 0.4) is 0 Å². The molecule has 1 rings (SSSR count). The molecule has 13 heavy (non-hydrogen) atoms. The first-order valence-electron chi connectivity index (χ1n) is 3.84. The molecule has 0 unspecified atom stereocenters. The molecule has 0 aromatic heterocycles. The van der Waals surface area contributed by atoms with Gasteiger partial charge in [0.15, 0.2) is 0 Å². The summed E-state index contributed by atoms with van der Waals surface area (Å²) in [7, 11) is 0. The van der Waals surface area contributed by atoms with Crippen LogP contribution in [0.5, 0.6) is 5.75 Å². The maximum absolute atomic E-state index is 5.89. The summed E-state index contributed by atoms with van der Waals surface area (Å²) in [6.07, 6.45) is 0. The fraction of sp³-hybridized carbons (Fsp3) is 0.250. The number of hydrogen-bond acceptors (Lipinski definition) is 1. The number of ether oxygens (including phenoxy) is 1. The Hall–Kier alpha value is 0.107. The molecule has 0 aliphatic heterocycles. The summed E-state index contributed by atoms with van der Waals surface area (Å²) in [5.74, 6) is 0.677. The highest BCUT2D eigenvalue weighted by Gasteiger charge is 2.31. The molecule has 0 aliphatic carbocycles. The van der Waals surface area contributed by atoms with Crippen LogP contribution in [0.25, 0.3) is 0 Å². The molecule has 1 nitrogen and oxygen atoms in total. The second-order valence-corrected chi connectivity index (χ2v) is 10.8. The van der Waals surface area contributed by atoms with E-state index in [0.29, 0.717) is 17.5 Å². The van der Waals surface area contributed by atoms with Gasteiger partial charge in [-0.3, -0.25) is 0 Å². The van der Waals surface area contributed by atoms with Crippen LogP contribution < -0.4 is 9.92 Å². The van der Waals surface area contributed by atoms with Gasteiger partial charge in [-0.25, -0.2) is 0 Å². The Labute approximate surface area is 92.7 Å². The molecule has 0 bridgehead atoms. The van der Waals surface area contributed by atoms with Crippen LogP contribution in [0.2, 0.25) is 0 Å². The first-order chi connectivity index (χ1) is 6.05. The highest BCUT2D eigenvalue weighted by Crippen LogP contribution is 2.24. The Morgan fingerprint density at radius 1 is 1.23 bits per heavy atom. The molecule has 0 saturated heterocycles. The lowest BCUT2D eigenvalue weighted by Crippen LogP contribution is -2.31. The standard InChI is InChI=1S/C8H9Cl3OSi/c1-2-12-7-5-3-4-6-8(7)13(9,10)11/h3-6H,2H2,1H3. The topological polar surface area (TPSA) is 9.23 Å². The van der Waals surface area contributed by atoms with E-state index in [-0.39, 0.29) is 0 Å². The van der Waals surface area contributed by atoms with Crippen molar-refractivity contribution in [2.45, 2.75) is 6.92 Å². The van der Waals surface area contributed by atoms with Crippen LogP contribution in [-0.4, -0.2) is 12.6 Å². The Balaban J connectivity index is 3.05. The highest BCUT2D eigenvalue weighted by atomic mass is 35.8. The molecule has 0 heterocycles. The molecular weight excluding hydrogens is 247 g/mol. The molecule has 0 atom stereocenters. The van der Waals surface area contributed by atoms with Crippen LogP contribution in [0.15, 0.2) is 24.3 Å². The Kier molecular flexibility index (Phi) is 3.92. The van der Waals surface area contributed by atoms with Crippen molar-refractivity contribution in [1.82, 2.24) is 0 Å². The number of halogens is 3. The predicted octanol–water partition coefficient (Wildman–Crippen LogP) is 2.95. The molecule has 0 saturated carbocycles. The third kappa shape index (κ3) is 3.06. The monoisotopic (exact) mass is 254 g/mol. The molecule has 0 aliphatic rings. The molecule has 1 aromatic carbocycles. The van der Waals surface area contributed by atoms with Crippen molar-refractivity contribution in [3.8, 4) is 5.75 Å². The molecular formula is C8H9Cl3OSi. The maximum atomic E-state index is 5.89. The third-order valence-corrected chi connectivity index (χ3v) is 4.35. The first-order valence-corrected chi connectivity index (χ1v) is 8.88. The quantitative estimate of drug-likeness (QED) is 0.596. The Morgan fingerprint density at radius 2 is 1.85 bits per heavy atom. The van der Waals surface area contributed by atoms with Gasteiger partial charge in [0.05, 0.1) is 6.61 Å². The van der Waals surface area contributed by atoms with Crippen LogP contribution in [0, 0.1) is 0 Å². The molecule has 0 radical (unpaired) electrons.